The van der Waals surface area contributed by atoms with Gasteiger partial charge in [0.2, 0.25) is 0 Å². The molecule has 0 rings (SSSR count). The molecule has 3 heteroatoms. The van der Waals surface area contributed by atoms with E-state index in [1.54, 1.807) is 26.0 Å². The van der Waals surface area contributed by atoms with Crippen LogP contribution in [0.25, 0.3) is 0 Å². The Balaban J connectivity index is 4.63. The lowest BCUT2D eigenvalue weighted by Gasteiger charge is -1.93. The van der Waals surface area contributed by atoms with E-state index in [-0.39, 0.29) is 0 Å². The zero-order chi connectivity index (χ0) is 16.3. The standard InChI is InChI=1S/C18H22O3/c1-14(10-7-11-16(3)13-19)8-5-6-9-15(2)12-17(4)18(20)21/h5-13H,1-4H3,(H,20,21)/b6-5+,10-7+,14-8+,15-9+,16-11+,17-12+. The quantitative estimate of drug-likeness (QED) is 0.434. The number of carbonyl (C=O) groups excluding carboxylic acids is 1. The molecule has 0 fully saturated rings. The van der Waals surface area contributed by atoms with Gasteiger partial charge in [-0.1, -0.05) is 53.7 Å². The molecule has 0 aromatic rings. The second-order valence-corrected chi connectivity index (χ2v) is 4.73. The van der Waals surface area contributed by atoms with Gasteiger partial charge in [0.05, 0.1) is 0 Å². The van der Waals surface area contributed by atoms with Gasteiger partial charge in [-0.05, 0) is 39.3 Å². The van der Waals surface area contributed by atoms with Gasteiger partial charge in [-0.2, -0.15) is 0 Å². The lowest BCUT2D eigenvalue weighted by atomic mass is 10.1. The van der Waals surface area contributed by atoms with Crippen molar-refractivity contribution in [1.82, 2.24) is 0 Å². The van der Waals surface area contributed by atoms with E-state index in [9.17, 15) is 9.59 Å². The van der Waals surface area contributed by atoms with Gasteiger partial charge in [0.1, 0.15) is 6.29 Å². The topological polar surface area (TPSA) is 54.4 Å². The van der Waals surface area contributed by atoms with Gasteiger partial charge in [0, 0.05) is 5.57 Å². The van der Waals surface area contributed by atoms with E-state index < -0.39 is 5.97 Å². The molecule has 112 valence electrons. The molecule has 0 bridgehead atoms. The molecular formula is C18H22O3. The molecule has 3 nitrogen and oxygen atoms in total. The summed E-state index contributed by atoms with van der Waals surface area (Å²) in [6.07, 6.45) is 15.4. The van der Waals surface area contributed by atoms with Gasteiger partial charge in [-0.15, -0.1) is 0 Å². The van der Waals surface area contributed by atoms with Crippen LogP contribution in [0.4, 0.5) is 0 Å². The summed E-state index contributed by atoms with van der Waals surface area (Å²) < 4.78 is 0. The molecule has 0 saturated carbocycles. The zero-order valence-corrected chi connectivity index (χ0v) is 13.0. The molecule has 0 heterocycles. The zero-order valence-electron chi connectivity index (χ0n) is 13.0. The number of allylic oxidation sites excluding steroid dienone is 11. The molecule has 0 aliphatic rings. The van der Waals surface area contributed by atoms with Crippen molar-refractivity contribution < 1.29 is 14.7 Å². The number of aliphatic carboxylic acids is 1. The molecule has 0 amide bonds. The smallest absolute Gasteiger partial charge is 0.331 e. The summed E-state index contributed by atoms with van der Waals surface area (Å²) in [7, 11) is 0. The van der Waals surface area contributed by atoms with E-state index in [0.717, 1.165) is 17.4 Å². The van der Waals surface area contributed by atoms with Crippen molar-refractivity contribution in [2.24, 2.45) is 0 Å². The summed E-state index contributed by atoms with van der Waals surface area (Å²) in [6.45, 7) is 7.11. The Morgan fingerprint density at radius 2 is 1.33 bits per heavy atom. The average Bonchev–Trinajstić information content (AvgIpc) is 2.43. The number of aldehydes is 1. The third kappa shape index (κ3) is 10.1. The highest BCUT2D eigenvalue weighted by atomic mass is 16.4. The highest BCUT2D eigenvalue weighted by Gasteiger charge is 1.97. The predicted molar refractivity (Wildman–Crippen MR) is 87.0 cm³/mol. The van der Waals surface area contributed by atoms with Crippen molar-refractivity contribution in [3.63, 3.8) is 0 Å². The Kier molecular flexibility index (Phi) is 9.18. The van der Waals surface area contributed by atoms with Crippen LogP contribution >= 0.6 is 0 Å². The van der Waals surface area contributed by atoms with E-state index in [1.165, 1.54) is 0 Å². The fourth-order valence-electron chi connectivity index (χ4n) is 1.31. The molecule has 0 aliphatic carbocycles. The van der Waals surface area contributed by atoms with Crippen LogP contribution in [0.1, 0.15) is 27.7 Å². The molecule has 21 heavy (non-hydrogen) atoms. The second kappa shape index (κ2) is 10.4. The molecule has 0 saturated heterocycles. The van der Waals surface area contributed by atoms with Crippen molar-refractivity contribution in [2.75, 3.05) is 0 Å². The molecular weight excluding hydrogens is 264 g/mol. The number of rotatable bonds is 7. The van der Waals surface area contributed by atoms with Gasteiger partial charge in [-0.25, -0.2) is 4.79 Å². The first kappa shape index (κ1) is 18.6. The first-order valence-corrected chi connectivity index (χ1v) is 6.60. The number of carbonyl (C=O) groups is 2. The molecule has 0 spiro atoms. The molecule has 0 radical (unpaired) electrons. The lowest BCUT2D eigenvalue weighted by molar-refractivity contribution is -0.132. The van der Waals surface area contributed by atoms with E-state index in [1.807, 2.05) is 50.3 Å². The normalized spacial score (nSPS) is 15.0. The summed E-state index contributed by atoms with van der Waals surface area (Å²) in [5.41, 5.74) is 2.90. The summed E-state index contributed by atoms with van der Waals surface area (Å²) >= 11 is 0. The molecule has 0 aromatic heterocycles. The van der Waals surface area contributed by atoms with Crippen molar-refractivity contribution in [3.8, 4) is 0 Å². The summed E-state index contributed by atoms with van der Waals surface area (Å²) in [6, 6.07) is 0. The lowest BCUT2D eigenvalue weighted by Crippen LogP contribution is -1.95. The number of carboxylic acid groups (broad SMARTS) is 1. The number of hydrogen-bond donors (Lipinski definition) is 1. The van der Waals surface area contributed by atoms with Crippen molar-refractivity contribution in [3.05, 3.63) is 70.9 Å². The fourth-order valence-corrected chi connectivity index (χ4v) is 1.31. The SMILES string of the molecule is C\C(C=O)=C/C=C/C(C)=C/C=C/C=C(C)/C=C(\C)C(=O)O. The van der Waals surface area contributed by atoms with Crippen molar-refractivity contribution in [2.45, 2.75) is 27.7 Å². The Hall–Kier alpha value is -2.42. The maximum Gasteiger partial charge on any atom is 0.331 e. The third-order valence-corrected chi connectivity index (χ3v) is 2.51. The van der Waals surface area contributed by atoms with Gasteiger partial charge in [-0.3, -0.25) is 4.79 Å². The van der Waals surface area contributed by atoms with E-state index in [4.69, 9.17) is 5.11 Å². The Morgan fingerprint density at radius 3 is 1.86 bits per heavy atom. The first-order valence-electron chi connectivity index (χ1n) is 6.60. The van der Waals surface area contributed by atoms with Crippen LogP contribution in [0.2, 0.25) is 0 Å². The predicted octanol–water partition coefficient (Wildman–Crippen LogP) is 4.17. The highest BCUT2D eigenvalue weighted by molar-refractivity contribution is 5.86. The van der Waals surface area contributed by atoms with E-state index >= 15 is 0 Å². The van der Waals surface area contributed by atoms with E-state index in [2.05, 4.69) is 0 Å². The Labute approximate surface area is 126 Å². The van der Waals surface area contributed by atoms with Gasteiger partial charge >= 0.3 is 5.97 Å². The minimum Gasteiger partial charge on any atom is -0.478 e. The molecule has 0 aromatic carbocycles. The summed E-state index contributed by atoms with van der Waals surface area (Å²) in [5.74, 6) is -0.911. The van der Waals surface area contributed by atoms with Crippen LogP contribution in [0.5, 0.6) is 0 Å². The highest BCUT2D eigenvalue weighted by Crippen LogP contribution is 2.03. The second-order valence-electron chi connectivity index (χ2n) is 4.73. The van der Waals surface area contributed by atoms with Crippen LogP contribution in [-0.4, -0.2) is 17.4 Å². The van der Waals surface area contributed by atoms with Crippen LogP contribution in [0.3, 0.4) is 0 Å². The average molecular weight is 286 g/mol. The van der Waals surface area contributed by atoms with Gasteiger partial charge < -0.3 is 5.11 Å². The first-order chi connectivity index (χ1) is 9.86. The monoisotopic (exact) mass is 286 g/mol. The van der Waals surface area contributed by atoms with Crippen LogP contribution in [-0.2, 0) is 9.59 Å². The minimum absolute atomic E-state index is 0.309. The molecule has 0 unspecified atom stereocenters. The third-order valence-electron chi connectivity index (χ3n) is 2.51. The fraction of sp³-hybridized carbons (Fsp3) is 0.222. The maximum absolute atomic E-state index is 10.7. The Morgan fingerprint density at radius 1 is 0.810 bits per heavy atom. The van der Waals surface area contributed by atoms with Crippen LogP contribution < -0.4 is 0 Å². The van der Waals surface area contributed by atoms with Gasteiger partial charge in [0.25, 0.3) is 0 Å². The molecule has 1 N–H and O–H groups in total. The molecule has 0 atom stereocenters. The minimum atomic E-state index is -0.911. The summed E-state index contributed by atoms with van der Waals surface area (Å²) in [4.78, 5) is 21.1. The van der Waals surface area contributed by atoms with Gasteiger partial charge in [0.15, 0.2) is 0 Å². The maximum atomic E-state index is 10.7. The molecule has 0 aliphatic heterocycles. The number of hydrogen-bond acceptors (Lipinski definition) is 2. The summed E-state index contributed by atoms with van der Waals surface area (Å²) in [5, 5.41) is 8.76. The van der Waals surface area contributed by atoms with Crippen LogP contribution in [0.15, 0.2) is 70.9 Å². The van der Waals surface area contributed by atoms with Crippen molar-refractivity contribution >= 4 is 12.3 Å². The number of carboxylic acids is 1. The van der Waals surface area contributed by atoms with Crippen molar-refractivity contribution in [1.29, 1.82) is 0 Å². The largest absolute Gasteiger partial charge is 0.478 e. The Bertz CT molecular complexity index is 553. The van der Waals surface area contributed by atoms with Crippen LogP contribution in [0, 0.1) is 0 Å². The van der Waals surface area contributed by atoms with E-state index in [0.29, 0.717) is 11.1 Å².